The summed E-state index contributed by atoms with van der Waals surface area (Å²) in [6, 6.07) is 15.8. The average molecular weight is 570 g/mol. The summed E-state index contributed by atoms with van der Waals surface area (Å²) in [6.07, 6.45) is 9.13. The Morgan fingerprint density at radius 1 is 0.976 bits per heavy atom. The van der Waals surface area contributed by atoms with Gasteiger partial charge < -0.3 is 10.4 Å². The van der Waals surface area contributed by atoms with Crippen molar-refractivity contribution in [1.29, 1.82) is 0 Å². The Morgan fingerprint density at radius 3 is 2.51 bits per heavy atom. The summed E-state index contributed by atoms with van der Waals surface area (Å²) in [5.74, 6) is 0.708. The Kier molecular flexibility index (Phi) is 7.56. The number of piperidine rings is 1. The second kappa shape index (κ2) is 11.3. The molecule has 1 aliphatic heterocycles. The molecular formula is C31H35N7O2S. The molecule has 5 aromatic rings. The minimum Gasteiger partial charge on any atom is -0.389 e. The number of nitrogens with zero attached hydrogens (tertiary/aromatic N) is 6. The van der Waals surface area contributed by atoms with E-state index in [-0.39, 0.29) is 0 Å². The Labute approximate surface area is 244 Å². The summed E-state index contributed by atoms with van der Waals surface area (Å²) in [7, 11) is 0. The van der Waals surface area contributed by atoms with Gasteiger partial charge in [0.1, 0.15) is 5.82 Å². The quantitative estimate of drug-likeness (QED) is 0.139. The monoisotopic (exact) mass is 569 g/mol. The van der Waals surface area contributed by atoms with E-state index in [1.54, 1.807) is 13.8 Å². The molecule has 2 aromatic carbocycles. The summed E-state index contributed by atoms with van der Waals surface area (Å²) in [6.45, 7) is 8.05. The van der Waals surface area contributed by atoms with Crippen molar-refractivity contribution >= 4 is 51.0 Å². The molecule has 10 heteroatoms. The Morgan fingerprint density at radius 2 is 1.76 bits per heavy atom. The maximum absolute atomic E-state index is 10.5. The number of nitrogens with one attached hydrogen (secondary N) is 1. The Bertz CT molecular complexity index is 1670. The van der Waals surface area contributed by atoms with Gasteiger partial charge in [0.15, 0.2) is 0 Å². The van der Waals surface area contributed by atoms with E-state index in [1.165, 1.54) is 35.9 Å². The molecule has 0 aliphatic carbocycles. The first-order valence-corrected chi connectivity index (χ1v) is 14.7. The second-order valence-corrected chi connectivity index (χ2v) is 12.3. The Balaban J connectivity index is 1.25. The van der Waals surface area contributed by atoms with E-state index in [2.05, 4.69) is 32.7 Å². The number of aromatic nitrogens is 4. The third-order valence-electron chi connectivity index (χ3n) is 7.40. The summed E-state index contributed by atoms with van der Waals surface area (Å²) >= 11 is 1.36. The van der Waals surface area contributed by atoms with Gasteiger partial charge in [-0.05, 0) is 81.6 Å². The molecule has 3 aromatic heterocycles. The van der Waals surface area contributed by atoms with Crippen LogP contribution in [0.5, 0.6) is 0 Å². The molecule has 1 saturated heterocycles. The van der Waals surface area contributed by atoms with E-state index in [9.17, 15) is 10.3 Å². The SMILES string of the molecule is Cc1c(-c2nccc3cnc(Nc4ccc(N(O)SN5CCCCC5)cc4)cc23)ccc2c1cnn2CC(C)(C)O. The predicted octanol–water partition coefficient (Wildman–Crippen LogP) is 6.71. The molecule has 0 unspecified atom stereocenters. The van der Waals surface area contributed by atoms with Crippen LogP contribution in [0.2, 0.25) is 0 Å². The molecule has 41 heavy (non-hydrogen) atoms. The molecule has 212 valence electrons. The van der Waals surface area contributed by atoms with Gasteiger partial charge in [-0.25, -0.2) is 9.29 Å². The van der Waals surface area contributed by atoms with E-state index >= 15 is 0 Å². The number of aryl methyl sites for hydroxylation is 1. The van der Waals surface area contributed by atoms with Gasteiger partial charge in [-0.1, -0.05) is 12.5 Å². The molecule has 1 aliphatic rings. The first-order chi connectivity index (χ1) is 19.7. The zero-order valence-electron chi connectivity index (χ0n) is 23.6. The van der Waals surface area contributed by atoms with Gasteiger partial charge >= 0.3 is 0 Å². The molecular weight excluding hydrogens is 534 g/mol. The Hall–Kier alpha value is -3.70. The number of aliphatic hydroxyl groups is 1. The van der Waals surface area contributed by atoms with E-state index < -0.39 is 5.60 Å². The van der Waals surface area contributed by atoms with Crippen molar-refractivity contribution in [3.05, 3.63) is 72.7 Å². The lowest BCUT2D eigenvalue weighted by Crippen LogP contribution is -2.27. The number of anilines is 3. The van der Waals surface area contributed by atoms with Gasteiger partial charge in [0.2, 0.25) is 0 Å². The van der Waals surface area contributed by atoms with Crippen molar-refractivity contribution < 1.29 is 10.3 Å². The van der Waals surface area contributed by atoms with Gasteiger partial charge in [0.05, 0.1) is 47.4 Å². The van der Waals surface area contributed by atoms with Crippen molar-refractivity contribution in [1.82, 2.24) is 24.1 Å². The van der Waals surface area contributed by atoms with E-state index in [0.717, 1.165) is 63.0 Å². The smallest absolute Gasteiger partial charge is 0.130 e. The number of benzene rings is 2. The zero-order valence-corrected chi connectivity index (χ0v) is 24.4. The maximum Gasteiger partial charge on any atom is 0.130 e. The fraction of sp³-hybridized carbons (Fsp3) is 0.323. The van der Waals surface area contributed by atoms with Crippen molar-refractivity contribution in [3.8, 4) is 11.3 Å². The number of hydrogen-bond donors (Lipinski definition) is 3. The van der Waals surface area contributed by atoms with E-state index in [0.29, 0.717) is 12.4 Å². The van der Waals surface area contributed by atoms with Gasteiger partial charge in [0.25, 0.3) is 0 Å². The van der Waals surface area contributed by atoms with Crippen LogP contribution in [0.3, 0.4) is 0 Å². The van der Waals surface area contributed by atoms with Gasteiger partial charge in [-0.2, -0.15) is 9.57 Å². The molecule has 0 spiro atoms. The van der Waals surface area contributed by atoms with Crippen LogP contribution in [-0.2, 0) is 6.54 Å². The van der Waals surface area contributed by atoms with Crippen molar-refractivity contribution in [3.63, 3.8) is 0 Å². The molecule has 1 fully saturated rings. The molecule has 6 rings (SSSR count). The molecule has 3 N–H and O–H groups in total. The van der Waals surface area contributed by atoms with E-state index in [4.69, 9.17) is 4.98 Å². The third kappa shape index (κ3) is 6.01. The number of hydrogen-bond acceptors (Lipinski definition) is 9. The predicted molar refractivity (Wildman–Crippen MR) is 166 cm³/mol. The standard InChI is InChI=1S/C31H35N7O2S/c1-21-25(11-12-28-27(21)19-34-37(28)20-31(2,3)39)30-26-17-29(33-18-22(26)13-14-32-30)35-23-7-9-24(10-8-23)38(40)41-36-15-5-4-6-16-36/h7-14,17-19,39-40H,4-6,15-16,20H2,1-3H3,(H,33,35). The summed E-state index contributed by atoms with van der Waals surface area (Å²) in [5.41, 5.74) is 4.72. The topological polar surface area (TPSA) is 103 Å². The molecule has 0 amide bonds. The summed E-state index contributed by atoms with van der Waals surface area (Å²) in [4.78, 5) is 9.41. The van der Waals surface area contributed by atoms with Gasteiger partial charge in [0, 0.05) is 52.9 Å². The van der Waals surface area contributed by atoms with Crippen molar-refractivity contribution in [2.24, 2.45) is 0 Å². The molecule has 0 radical (unpaired) electrons. The van der Waals surface area contributed by atoms with Crippen LogP contribution >= 0.6 is 12.1 Å². The first kappa shape index (κ1) is 27.5. The minimum absolute atomic E-state index is 0.414. The highest BCUT2D eigenvalue weighted by molar-refractivity contribution is 7.98. The lowest BCUT2D eigenvalue weighted by atomic mass is 9.98. The number of fused-ring (bicyclic) bond motifs is 2. The van der Waals surface area contributed by atoms with Crippen LogP contribution in [0.15, 0.2) is 67.1 Å². The van der Waals surface area contributed by atoms with Gasteiger partial charge in [-0.15, -0.1) is 0 Å². The fourth-order valence-electron chi connectivity index (χ4n) is 5.31. The average Bonchev–Trinajstić information content (AvgIpc) is 3.36. The zero-order chi connectivity index (χ0) is 28.6. The molecule has 0 bridgehead atoms. The van der Waals surface area contributed by atoms with Crippen molar-refractivity contribution in [2.45, 2.75) is 52.2 Å². The minimum atomic E-state index is -0.858. The largest absolute Gasteiger partial charge is 0.389 e. The molecule has 0 atom stereocenters. The van der Waals surface area contributed by atoms with Crippen LogP contribution in [0.25, 0.3) is 32.9 Å². The van der Waals surface area contributed by atoms with Crippen LogP contribution in [0.4, 0.5) is 17.2 Å². The highest BCUT2D eigenvalue weighted by Crippen LogP contribution is 2.34. The van der Waals surface area contributed by atoms with Crippen molar-refractivity contribution in [2.75, 3.05) is 22.9 Å². The third-order valence-corrected chi connectivity index (χ3v) is 8.37. The number of pyridine rings is 2. The van der Waals surface area contributed by atoms with E-state index in [1.807, 2.05) is 65.7 Å². The molecule has 4 heterocycles. The summed E-state index contributed by atoms with van der Waals surface area (Å²) in [5, 5.41) is 31.8. The molecule has 9 nitrogen and oxygen atoms in total. The first-order valence-electron chi connectivity index (χ1n) is 14.0. The summed E-state index contributed by atoms with van der Waals surface area (Å²) < 4.78 is 5.28. The number of rotatable bonds is 8. The van der Waals surface area contributed by atoms with Crippen LogP contribution in [-0.4, -0.2) is 53.1 Å². The lowest BCUT2D eigenvalue weighted by molar-refractivity contribution is 0.0591. The second-order valence-electron chi connectivity index (χ2n) is 11.3. The van der Waals surface area contributed by atoms with Crippen LogP contribution in [0.1, 0.15) is 38.7 Å². The van der Waals surface area contributed by atoms with Crippen LogP contribution < -0.4 is 9.79 Å². The lowest BCUT2D eigenvalue weighted by Gasteiger charge is -2.28. The highest BCUT2D eigenvalue weighted by atomic mass is 32.2. The fourth-order valence-corrected chi connectivity index (χ4v) is 6.17. The van der Waals surface area contributed by atoms with Crippen LogP contribution in [0, 0.1) is 6.92 Å². The van der Waals surface area contributed by atoms with Gasteiger partial charge in [-0.3, -0.25) is 14.9 Å². The highest BCUT2D eigenvalue weighted by Gasteiger charge is 2.19. The molecule has 0 saturated carbocycles. The normalized spacial score (nSPS) is 14.6. The maximum atomic E-state index is 10.5.